The summed E-state index contributed by atoms with van der Waals surface area (Å²) in [5, 5.41) is 9.97. The molecular weight excluding hydrogens is 290 g/mol. The van der Waals surface area contributed by atoms with Gasteiger partial charge in [0.2, 0.25) is 0 Å². The monoisotopic (exact) mass is 313 g/mol. The molecule has 0 bridgehead atoms. The minimum atomic E-state index is -1.09. The lowest BCUT2D eigenvalue weighted by molar-refractivity contribution is 0.122. The van der Waals surface area contributed by atoms with Crippen molar-refractivity contribution >= 4 is 10.8 Å². The summed E-state index contributed by atoms with van der Waals surface area (Å²) in [6.07, 6.45) is 0.0534. The zero-order valence-electron chi connectivity index (χ0n) is 12.2. The van der Waals surface area contributed by atoms with Crippen LogP contribution in [0.1, 0.15) is 18.9 Å². The van der Waals surface area contributed by atoms with Gasteiger partial charge in [-0.3, -0.25) is 4.21 Å². The SMILES string of the molecule is CC1OCCC1S(=O)CC(O)COc1ccc(CN)cc1. The maximum Gasteiger partial charge on any atom is 0.119 e. The fourth-order valence-corrected chi connectivity index (χ4v) is 3.92. The van der Waals surface area contributed by atoms with Crippen LogP contribution in [0.3, 0.4) is 0 Å². The molecule has 1 heterocycles. The van der Waals surface area contributed by atoms with Gasteiger partial charge in [-0.15, -0.1) is 0 Å². The van der Waals surface area contributed by atoms with Gasteiger partial charge in [0.25, 0.3) is 0 Å². The molecule has 1 aliphatic rings. The molecular formula is C15H23NO4S. The highest BCUT2D eigenvalue weighted by Gasteiger charge is 2.30. The first-order chi connectivity index (χ1) is 10.1. The van der Waals surface area contributed by atoms with Gasteiger partial charge >= 0.3 is 0 Å². The maximum atomic E-state index is 12.2. The van der Waals surface area contributed by atoms with Gasteiger partial charge < -0.3 is 20.3 Å². The molecule has 118 valence electrons. The summed E-state index contributed by atoms with van der Waals surface area (Å²) in [5.74, 6) is 0.897. The molecule has 0 radical (unpaired) electrons. The maximum absolute atomic E-state index is 12.2. The molecule has 0 aliphatic carbocycles. The zero-order chi connectivity index (χ0) is 15.2. The molecule has 0 aromatic heterocycles. The number of rotatable bonds is 7. The van der Waals surface area contributed by atoms with Crippen LogP contribution >= 0.6 is 0 Å². The van der Waals surface area contributed by atoms with E-state index in [0.29, 0.717) is 18.9 Å². The van der Waals surface area contributed by atoms with Crippen LogP contribution < -0.4 is 10.5 Å². The summed E-state index contributed by atoms with van der Waals surface area (Å²) >= 11 is 0. The van der Waals surface area contributed by atoms with E-state index in [4.69, 9.17) is 15.2 Å². The van der Waals surface area contributed by atoms with Crippen LogP contribution in [0.25, 0.3) is 0 Å². The predicted molar refractivity (Wildman–Crippen MR) is 82.7 cm³/mol. The van der Waals surface area contributed by atoms with E-state index in [1.165, 1.54) is 0 Å². The van der Waals surface area contributed by atoms with E-state index in [0.717, 1.165) is 12.0 Å². The summed E-state index contributed by atoms with van der Waals surface area (Å²) < 4.78 is 23.1. The highest BCUT2D eigenvalue weighted by atomic mass is 32.2. The summed E-state index contributed by atoms with van der Waals surface area (Å²) in [6, 6.07) is 7.41. The van der Waals surface area contributed by atoms with Crippen molar-refractivity contribution in [1.82, 2.24) is 0 Å². The second kappa shape index (κ2) is 7.89. The van der Waals surface area contributed by atoms with Crippen molar-refractivity contribution in [3.05, 3.63) is 29.8 Å². The molecule has 0 amide bonds. The molecule has 1 aliphatic heterocycles. The number of aliphatic hydroxyl groups is 1. The van der Waals surface area contributed by atoms with Crippen LogP contribution in [0.15, 0.2) is 24.3 Å². The van der Waals surface area contributed by atoms with Crippen molar-refractivity contribution in [2.24, 2.45) is 5.73 Å². The van der Waals surface area contributed by atoms with Crippen molar-refractivity contribution in [1.29, 1.82) is 0 Å². The van der Waals surface area contributed by atoms with E-state index in [2.05, 4.69) is 0 Å². The Bertz CT molecular complexity index is 465. The van der Waals surface area contributed by atoms with Crippen LogP contribution in [-0.4, -0.2) is 45.7 Å². The Kier molecular flexibility index (Phi) is 6.17. The normalized spacial score (nSPS) is 24.7. The van der Waals surface area contributed by atoms with E-state index in [9.17, 15) is 9.32 Å². The van der Waals surface area contributed by atoms with E-state index in [1.54, 1.807) is 0 Å². The van der Waals surface area contributed by atoms with Crippen LogP contribution in [0, 0.1) is 0 Å². The largest absolute Gasteiger partial charge is 0.491 e. The van der Waals surface area contributed by atoms with E-state index >= 15 is 0 Å². The third-order valence-electron chi connectivity index (χ3n) is 3.60. The molecule has 6 heteroatoms. The minimum absolute atomic E-state index is 0.00255. The Balaban J connectivity index is 1.76. The summed E-state index contributed by atoms with van der Waals surface area (Å²) in [4.78, 5) is 0. The molecule has 1 aromatic rings. The summed E-state index contributed by atoms with van der Waals surface area (Å²) in [7, 11) is -1.09. The third-order valence-corrected chi connectivity index (χ3v) is 5.61. The molecule has 4 unspecified atom stereocenters. The second-order valence-electron chi connectivity index (χ2n) is 5.26. The number of benzene rings is 1. The first kappa shape index (κ1) is 16.4. The summed E-state index contributed by atoms with van der Waals surface area (Å²) in [6.45, 7) is 3.20. The van der Waals surface area contributed by atoms with Gasteiger partial charge in [0, 0.05) is 24.0 Å². The number of ether oxygens (including phenoxy) is 2. The lowest BCUT2D eigenvalue weighted by atomic mass is 10.2. The van der Waals surface area contributed by atoms with Gasteiger partial charge in [0.05, 0.1) is 23.2 Å². The molecule has 5 nitrogen and oxygen atoms in total. The molecule has 3 N–H and O–H groups in total. The van der Waals surface area contributed by atoms with E-state index in [1.807, 2.05) is 31.2 Å². The predicted octanol–water partition coefficient (Wildman–Crippen LogP) is 0.811. The quantitative estimate of drug-likeness (QED) is 0.778. The molecule has 0 saturated carbocycles. The van der Waals surface area contributed by atoms with E-state index < -0.39 is 16.9 Å². The first-order valence-corrected chi connectivity index (χ1v) is 8.57. The topological polar surface area (TPSA) is 81.8 Å². The lowest BCUT2D eigenvalue weighted by Crippen LogP contribution is -2.32. The zero-order valence-corrected chi connectivity index (χ0v) is 13.1. The van der Waals surface area contributed by atoms with Gasteiger partial charge in [0.1, 0.15) is 12.4 Å². The van der Waals surface area contributed by atoms with Crippen molar-refractivity contribution in [3.63, 3.8) is 0 Å². The fourth-order valence-electron chi connectivity index (χ4n) is 2.33. The van der Waals surface area contributed by atoms with Crippen LogP contribution in [0.5, 0.6) is 5.75 Å². The molecule has 2 rings (SSSR count). The Morgan fingerprint density at radius 2 is 2.19 bits per heavy atom. The molecule has 0 spiro atoms. The summed E-state index contributed by atoms with van der Waals surface area (Å²) in [5.41, 5.74) is 6.55. The Hall–Kier alpha value is -0.950. The number of hydrogen-bond acceptors (Lipinski definition) is 5. The van der Waals surface area contributed by atoms with Gasteiger partial charge in [-0.05, 0) is 31.0 Å². The van der Waals surface area contributed by atoms with E-state index in [-0.39, 0.29) is 23.7 Å². The minimum Gasteiger partial charge on any atom is -0.491 e. The Morgan fingerprint density at radius 1 is 1.48 bits per heavy atom. The van der Waals surface area contributed by atoms with Gasteiger partial charge in [-0.25, -0.2) is 0 Å². The van der Waals surface area contributed by atoms with Crippen molar-refractivity contribution < 1.29 is 18.8 Å². The Morgan fingerprint density at radius 3 is 2.76 bits per heavy atom. The standard InChI is InChI=1S/C15H23NO4S/c1-11-15(6-7-19-11)21(18)10-13(17)9-20-14-4-2-12(8-16)3-5-14/h2-5,11,13,15,17H,6-10,16H2,1H3. The van der Waals surface area contributed by atoms with Crippen molar-refractivity contribution in [2.75, 3.05) is 19.0 Å². The number of hydrogen-bond donors (Lipinski definition) is 2. The number of nitrogens with two attached hydrogens (primary N) is 1. The van der Waals surface area contributed by atoms with Gasteiger partial charge in [-0.2, -0.15) is 0 Å². The first-order valence-electron chi connectivity index (χ1n) is 7.19. The van der Waals surface area contributed by atoms with Crippen molar-refractivity contribution in [2.45, 2.75) is 37.3 Å². The van der Waals surface area contributed by atoms with Crippen molar-refractivity contribution in [3.8, 4) is 5.75 Å². The van der Waals surface area contributed by atoms with Crippen LogP contribution in [0.2, 0.25) is 0 Å². The van der Waals surface area contributed by atoms with Crippen LogP contribution in [0.4, 0.5) is 0 Å². The Labute approximate surface area is 127 Å². The molecule has 1 saturated heterocycles. The van der Waals surface area contributed by atoms with Gasteiger partial charge in [-0.1, -0.05) is 12.1 Å². The average Bonchev–Trinajstić information content (AvgIpc) is 2.92. The second-order valence-corrected chi connectivity index (χ2v) is 6.96. The smallest absolute Gasteiger partial charge is 0.119 e. The average molecular weight is 313 g/mol. The molecule has 1 fully saturated rings. The number of aliphatic hydroxyl groups excluding tert-OH is 1. The van der Waals surface area contributed by atoms with Gasteiger partial charge in [0.15, 0.2) is 0 Å². The lowest BCUT2D eigenvalue weighted by Gasteiger charge is -2.17. The fraction of sp³-hybridized carbons (Fsp3) is 0.600. The molecule has 1 aromatic carbocycles. The van der Waals surface area contributed by atoms with Crippen LogP contribution in [-0.2, 0) is 22.1 Å². The molecule has 4 atom stereocenters. The highest BCUT2D eigenvalue weighted by molar-refractivity contribution is 7.85. The highest BCUT2D eigenvalue weighted by Crippen LogP contribution is 2.19. The third kappa shape index (κ3) is 4.78. The molecule has 21 heavy (non-hydrogen) atoms.